The Morgan fingerprint density at radius 2 is 2.00 bits per heavy atom. The van der Waals surface area contributed by atoms with Gasteiger partial charge in [-0.05, 0) is 36.4 Å². The average molecular weight is 370 g/mol. The number of nitrogens with zero attached hydrogens (tertiary/aromatic N) is 2. The molecule has 27 heavy (non-hydrogen) atoms. The zero-order valence-electron chi connectivity index (χ0n) is 14.0. The number of rotatable bonds is 5. The van der Waals surface area contributed by atoms with E-state index in [9.17, 15) is 19.2 Å². The number of amides is 5. The summed E-state index contributed by atoms with van der Waals surface area (Å²) in [7, 11) is 1.48. The first-order valence-corrected chi connectivity index (χ1v) is 7.71. The van der Waals surface area contributed by atoms with Gasteiger partial charge in [0.15, 0.2) is 11.7 Å². The van der Waals surface area contributed by atoms with Crippen molar-refractivity contribution in [3.05, 3.63) is 48.4 Å². The molecule has 1 aliphatic rings. The fourth-order valence-electron chi connectivity index (χ4n) is 2.33. The Kier molecular flexibility index (Phi) is 4.97. The Morgan fingerprint density at radius 3 is 2.63 bits per heavy atom. The summed E-state index contributed by atoms with van der Waals surface area (Å²) in [5.41, 5.74) is 2.39. The molecule has 5 amide bonds. The quantitative estimate of drug-likeness (QED) is 0.457. The fraction of sp³-hybridized carbons (Fsp3) is 0.118. The summed E-state index contributed by atoms with van der Waals surface area (Å²) in [6, 6.07) is 8.21. The lowest BCUT2D eigenvalue weighted by Gasteiger charge is -2.28. The third-order valence-electron chi connectivity index (χ3n) is 3.67. The van der Waals surface area contributed by atoms with Crippen LogP contribution in [0.4, 0.5) is 10.5 Å². The number of benzene rings is 1. The van der Waals surface area contributed by atoms with Crippen LogP contribution in [-0.4, -0.2) is 37.1 Å². The molecule has 0 unspecified atom stereocenters. The SMILES string of the molecule is COc1ccc(N2C(=O)NC(=O)[C@H](/C=N\NC(=O)c3ccco3)C2=O)cc1. The van der Waals surface area contributed by atoms with Crippen LogP contribution in [0.3, 0.4) is 0 Å². The number of urea groups is 1. The summed E-state index contributed by atoms with van der Waals surface area (Å²) in [6.45, 7) is 0. The van der Waals surface area contributed by atoms with Gasteiger partial charge in [0, 0.05) is 6.21 Å². The molecule has 10 heteroatoms. The Bertz CT molecular complexity index is 904. The van der Waals surface area contributed by atoms with Gasteiger partial charge in [-0.15, -0.1) is 0 Å². The summed E-state index contributed by atoms with van der Waals surface area (Å²) in [4.78, 5) is 49.2. The van der Waals surface area contributed by atoms with Gasteiger partial charge in [-0.3, -0.25) is 19.7 Å². The third kappa shape index (κ3) is 3.68. The van der Waals surface area contributed by atoms with E-state index in [-0.39, 0.29) is 11.4 Å². The molecule has 2 heterocycles. The molecule has 1 saturated heterocycles. The number of hydrazone groups is 1. The van der Waals surface area contributed by atoms with E-state index in [1.54, 1.807) is 12.1 Å². The van der Waals surface area contributed by atoms with Crippen molar-refractivity contribution >= 4 is 35.7 Å². The summed E-state index contributed by atoms with van der Waals surface area (Å²) < 4.78 is 9.92. The second-order valence-electron chi connectivity index (χ2n) is 5.34. The highest BCUT2D eigenvalue weighted by Gasteiger charge is 2.40. The average Bonchev–Trinajstić information content (AvgIpc) is 3.19. The summed E-state index contributed by atoms with van der Waals surface area (Å²) in [6.07, 6.45) is 2.26. The number of carbonyl (C=O) groups is 4. The van der Waals surface area contributed by atoms with Crippen LogP contribution in [0.2, 0.25) is 0 Å². The first-order valence-electron chi connectivity index (χ1n) is 7.71. The van der Waals surface area contributed by atoms with Crippen LogP contribution in [0.25, 0.3) is 0 Å². The van der Waals surface area contributed by atoms with Gasteiger partial charge in [0.25, 0.3) is 5.91 Å². The number of ether oxygens (including phenoxy) is 1. The monoisotopic (exact) mass is 370 g/mol. The molecule has 0 spiro atoms. The molecule has 1 atom stereocenters. The van der Waals surface area contributed by atoms with Crippen LogP contribution in [-0.2, 0) is 9.59 Å². The van der Waals surface area contributed by atoms with Gasteiger partial charge >= 0.3 is 11.9 Å². The summed E-state index contributed by atoms with van der Waals surface area (Å²) in [5.74, 6) is -3.12. The van der Waals surface area contributed by atoms with E-state index in [2.05, 4.69) is 15.8 Å². The lowest BCUT2D eigenvalue weighted by atomic mass is 10.1. The molecule has 1 aromatic heterocycles. The topological polar surface area (TPSA) is 130 Å². The van der Waals surface area contributed by atoms with Gasteiger partial charge in [0.1, 0.15) is 5.75 Å². The van der Waals surface area contributed by atoms with E-state index < -0.39 is 29.7 Å². The second-order valence-corrected chi connectivity index (χ2v) is 5.34. The maximum absolute atomic E-state index is 12.6. The van der Waals surface area contributed by atoms with E-state index >= 15 is 0 Å². The third-order valence-corrected chi connectivity index (χ3v) is 3.67. The fourth-order valence-corrected chi connectivity index (χ4v) is 2.33. The number of nitrogens with one attached hydrogen (secondary N) is 2. The molecule has 138 valence electrons. The van der Waals surface area contributed by atoms with Crippen LogP contribution in [0.5, 0.6) is 5.75 Å². The van der Waals surface area contributed by atoms with Crippen LogP contribution in [0.1, 0.15) is 10.6 Å². The maximum Gasteiger partial charge on any atom is 0.335 e. The van der Waals surface area contributed by atoms with Crippen molar-refractivity contribution in [2.45, 2.75) is 0 Å². The predicted molar refractivity (Wildman–Crippen MR) is 92.2 cm³/mol. The minimum Gasteiger partial charge on any atom is -0.497 e. The van der Waals surface area contributed by atoms with Crippen molar-refractivity contribution in [2.75, 3.05) is 12.0 Å². The predicted octanol–water partition coefficient (Wildman–Crippen LogP) is 0.903. The number of furan rings is 1. The van der Waals surface area contributed by atoms with E-state index in [1.165, 1.54) is 37.6 Å². The van der Waals surface area contributed by atoms with E-state index in [1.807, 2.05) is 0 Å². The second kappa shape index (κ2) is 7.52. The highest BCUT2D eigenvalue weighted by atomic mass is 16.5. The minimum atomic E-state index is -1.39. The maximum atomic E-state index is 12.6. The van der Waals surface area contributed by atoms with Crippen LogP contribution in [0.15, 0.2) is 52.2 Å². The van der Waals surface area contributed by atoms with Gasteiger partial charge in [-0.25, -0.2) is 15.1 Å². The van der Waals surface area contributed by atoms with Gasteiger partial charge in [-0.2, -0.15) is 5.10 Å². The molecule has 0 bridgehead atoms. The molecule has 1 fully saturated rings. The van der Waals surface area contributed by atoms with Crippen molar-refractivity contribution < 1.29 is 28.3 Å². The Labute approximate surface area is 152 Å². The molecule has 1 aromatic carbocycles. The number of imide groups is 2. The summed E-state index contributed by atoms with van der Waals surface area (Å²) in [5, 5.41) is 5.68. The molecule has 0 saturated carbocycles. The first kappa shape index (κ1) is 17.9. The highest BCUT2D eigenvalue weighted by molar-refractivity contribution is 6.32. The molecule has 10 nitrogen and oxygen atoms in total. The molecule has 2 N–H and O–H groups in total. The van der Waals surface area contributed by atoms with Crippen LogP contribution in [0, 0.1) is 5.92 Å². The number of anilines is 1. The number of methoxy groups -OCH3 is 1. The normalized spacial score (nSPS) is 17.1. The number of hydrogen-bond acceptors (Lipinski definition) is 7. The Hall–Kier alpha value is -3.95. The Morgan fingerprint density at radius 1 is 1.26 bits per heavy atom. The largest absolute Gasteiger partial charge is 0.497 e. The van der Waals surface area contributed by atoms with Gasteiger partial charge in [0.05, 0.1) is 19.1 Å². The van der Waals surface area contributed by atoms with Crippen molar-refractivity contribution in [1.82, 2.24) is 10.7 Å². The molecule has 0 radical (unpaired) electrons. The zero-order chi connectivity index (χ0) is 19.4. The number of hydrogen-bond donors (Lipinski definition) is 2. The standard InChI is InChI=1S/C17H14N4O6/c1-26-11-6-4-10(5-7-11)21-16(24)12(14(22)19-17(21)25)9-18-20-15(23)13-3-2-8-27-13/h2-9,12H,1H3,(H,20,23)(H,19,22,25)/b18-9-/t12-/m0/s1. The van der Waals surface area contributed by atoms with Gasteiger partial charge < -0.3 is 9.15 Å². The Balaban J connectivity index is 1.75. The summed E-state index contributed by atoms with van der Waals surface area (Å²) >= 11 is 0. The van der Waals surface area contributed by atoms with Gasteiger partial charge in [-0.1, -0.05) is 0 Å². The zero-order valence-corrected chi connectivity index (χ0v) is 14.0. The molecule has 2 aromatic rings. The molecule has 3 rings (SSSR count). The number of barbiturate groups is 1. The number of carbonyl (C=O) groups excluding carboxylic acids is 4. The van der Waals surface area contributed by atoms with Crippen LogP contribution >= 0.6 is 0 Å². The minimum absolute atomic E-state index is 0.0154. The van der Waals surface area contributed by atoms with Crippen molar-refractivity contribution in [2.24, 2.45) is 11.0 Å². The molecular formula is C17H14N4O6. The van der Waals surface area contributed by atoms with E-state index in [0.717, 1.165) is 11.1 Å². The van der Waals surface area contributed by atoms with E-state index in [4.69, 9.17) is 9.15 Å². The van der Waals surface area contributed by atoms with Crippen molar-refractivity contribution in [3.8, 4) is 5.75 Å². The highest BCUT2D eigenvalue weighted by Crippen LogP contribution is 2.23. The van der Waals surface area contributed by atoms with Crippen molar-refractivity contribution in [1.29, 1.82) is 0 Å². The van der Waals surface area contributed by atoms with Crippen molar-refractivity contribution in [3.63, 3.8) is 0 Å². The van der Waals surface area contributed by atoms with E-state index in [0.29, 0.717) is 5.75 Å². The molecular weight excluding hydrogens is 356 g/mol. The van der Waals surface area contributed by atoms with Crippen LogP contribution < -0.4 is 20.4 Å². The smallest absolute Gasteiger partial charge is 0.335 e. The molecule has 0 aliphatic carbocycles. The first-order chi connectivity index (χ1) is 13.0. The lowest BCUT2D eigenvalue weighted by molar-refractivity contribution is -0.131. The molecule has 1 aliphatic heterocycles. The van der Waals surface area contributed by atoms with Gasteiger partial charge in [0.2, 0.25) is 5.91 Å². The lowest BCUT2D eigenvalue weighted by Crippen LogP contribution is -2.58.